The molecular weight excluding hydrogens is 560 g/mol. The maximum absolute atomic E-state index is 13.6. The molecule has 226 valence electrons. The van der Waals surface area contributed by atoms with Crippen molar-refractivity contribution in [3.63, 3.8) is 0 Å². The fourth-order valence-electron chi connectivity index (χ4n) is 6.18. The molecule has 1 aromatic heterocycles. The molecule has 0 bridgehead atoms. The molecule has 0 saturated carbocycles. The molecule has 0 radical (unpaired) electrons. The summed E-state index contributed by atoms with van der Waals surface area (Å²) in [4.78, 5) is 33.1. The molecule has 2 amide bonds. The summed E-state index contributed by atoms with van der Waals surface area (Å²) in [6.45, 7) is 3.37. The number of nitrogens with two attached hydrogens (primary N) is 1. The van der Waals surface area contributed by atoms with Crippen LogP contribution in [0.5, 0.6) is 0 Å². The van der Waals surface area contributed by atoms with Gasteiger partial charge in [0.15, 0.2) is 0 Å². The van der Waals surface area contributed by atoms with Gasteiger partial charge in [0.25, 0.3) is 0 Å². The second-order valence-electron chi connectivity index (χ2n) is 11.6. The Morgan fingerprint density at radius 3 is 2.51 bits per heavy atom. The van der Waals surface area contributed by atoms with Gasteiger partial charge in [0.1, 0.15) is 5.01 Å². The number of rotatable bonds is 12. The second-order valence-corrected chi connectivity index (χ2v) is 12.6. The summed E-state index contributed by atoms with van der Waals surface area (Å²) in [6.07, 6.45) is 5.38. The summed E-state index contributed by atoms with van der Waals surface area (Å²) < 4.78 is 6.17. The molecule has 9 heteroatoms. The molecule has 3 aromatic rings. The van der Waals surface area contributed by atoms with Gasteiger partial charge in [0.2, 0.25) is 11.8 Å². The third-order valence-electron chi connectivity index (χ3n) is 8.53. The van der Waals surface area contributed by atoms with E-state index < -0.39 is 23.3 Å². The Balaban J connectivity index is 1.36. The number of amides is 2. The van der Waals surface area contributed by atoms with E-state index in [-0.39, 0.29) is 24.5 Å². The highest BCUT2D eigenvalue weighted by molar-refractivity contribution is 7.09. The van der Waals surface area contributed by atoms with E-state index in [0.717, 1.165) is 21.8 Å². The Bertz CT molecular complexity index is 1460. The van der Waals surface area contributed by atoms with Crippen LogP contribution in [0.4, 0.5) is 0 Å². The van der Waals surface area contributed by atoms with E-state index in [1.807, 2.05) is 73.0 Å². The number of thiazole rings is 1. The number of ether oxygens (including phenoxy) is 1. The Kier molecular flexibility index (Phi) is 9.87. The van der Waals surface area contributed by atoms with Gasteiger partial charge in [0.05, 0.1) is 30.8 Å². The van der Waals surface area contributed by atoms with Gasteiger partial charge in [-0.25, -0.2) is 4.98 Å². The molecule has 1 aliphatic heterocycles. The number of nitrogens with one attached hydrogen (secondary N) is 1. The zero-order valence-electron chi connectivity index (χ0n) is 24.7. The Morgan fingerprint density at radius 1 is 1.16 bits per heavy atom. The first kappa shape index (κ1) is 30.8. The minimum Gasteiger partial charge on any atom is -0.391 e. The number of nitrogens with zero attached hydrogens (tertiary/aromatic N) is 2. The third kappa shape index (κ3) is 7.30. The smallest absolute Gasteiger partial charge is 0.249 e. The number of aryl methyl sites for hydroxylation is 1. The van der Waals surface area contributed by atoms with E-state index in [9.17, 15) is 14.7 Å². The highest BCUT2D eigenvalue weighted by atomic mass is 32.1. The van der Waals surface area contributed by atoms with Crippen LogP contribution in [-0.2, 0) is 33.9 Å². The van der Waals surface area contributed by atoms with Crippen molar-refractivity contribution < 1.29 is 19.4 Å². The van der Waals surface area contributed by atoms with Crippen molar-refractivity contribution in [2.45, 2.75) is 57.6 Å². The molecule has 5 rings (SSSR count). The standard InChI is InChI=1S/C34H40N4O4S/c1-23-22-43-30(37-23)20-38(2)32(40)26-14-9-15-34(18-26,33(35)41)28(16-24-10-5-3-6-11-24)31(39)29-17-27(19-36-29)42-21-25-12-7-4-8-13-25/h3-15,22,27-29,31,36,39H,16-21H2,1-2H3,(H2,35,41)/t27-,28-,29-,31-,34?/m1/s1. The maximum Gasteiger partial charge on any atom is 0.249 e. The lowest BCUT2D eigenvalue weighted by molar-refractivity contribution is -0.132. The first-order chi connectivity index (χ1) is 20.7. The molecule has 5 atom stereocenters. The summed E-state index contributed by atoms with van der Waals surface area (Å²) in [7, 11) is 1.73. The average Bonchev–Trinajstić information content (AvgIpc) is 3.67. The number of carbonyl (C=O) groups excluding carboxylic acids is 2. The lowest BCUT2D eigenvalue weighted by Gasteiger charge is -2.42. The van der Waals surface area contributed by atoms with Gasteiger partial charge in [0, 0.05) is 42.2 Å². The van der Waals surface area contributed by atoms with Crippen molar-refractivity contribution in [3.05, 3.63) is 112 Å². The first-order valence-corrected chi connectivity index (χ1v) is 15.6. The molecular formula is C34H40N4O4S. The quantitative estimate of drug-likeness (QED) is 0.290. The molecule has 43 heavy (non-hydrogen) atoms. The summed E-state index contributed by atoms with van der Waals surface area (Å²) in [5.41, 5.74) is 8.39. The number of hydrogen-bond acceptors (Lipinski definition) is 7. The van der Waals surface area contributed by atoms with Crippen LogP contribution in [0.25, 0.3) is 0 Å². The van der Waals surface area contributed by atoms with Crippen LogP contribution in [0.15, 0.2) is 89.8 Å². The largest absolute Gasteiger partial charge is 0.391 e. The van der Waals surface area contributed by atoms with Crippen molar-refractivity contribution in [3.8, 4) is 0 Å². The Labute approximate surface area is 257 Å². The third-order valence-corrected chi connectivity index (χ3v) is 9.48. The van der Waals surface area contributed by atoms with Gasteiger partial charge >= 0.3 is 0 Å². The van der Waals surface area contributed by atoms with Gasteiger partial charge in [-0.15, -0.1) is 11.3 Å². The molecule has 8 nitrogen and oxygen atoms in total. The molecule has 1 fully saturated rings. The van der Waals surface area contributed by atoms with E-state index in [2.05, 4.69) is 10.3 Å². The number of carbonyl (C=O) groups is 2. The normalized spacial score (nSPS) is 23.0. The fourth-order valence-corrected chi connectivity index (χ4v) is 7.01. The molecule has 2 heterocycles. The molecule has 1 unspecified atom stereocenters. The average molecular weight is 601 g/mol. The van der Waals surface area contributed by atoms with E-state index in [0.29, 0.717) is 38.1 Å². The molecule has 4 N–H and O–H groups in total. The van der Waals surface area contributed by atoms with Crippen molar-refractivity contribution in [2.75, 3.05) is 13.6 Å². The van der Waals surface area contributed by atoms with E-state index >= 15 is 0 Å². The highest BCUT2D eigenvalue weighted by Gasteiger charge is 2.50. The Morgan fingerprint density at radius 2 is 1.86 bits per heavy atom. The van der Waals surface area contributed by atoms with Crippen LogP contribution in [0, 0.1) is 18.3 Å². The number of hydrogen-bond donors (Lipinski definition) is 3. The topological polar surface area (TPSA) is 118 Å². The van der Waals surface area contributed by atoms with E-state index in [1.165, 1.54) is 11.3 Å². The van der Waals surface area contributed by atoms with Crippen molar-refractivity contribution in [1.82, 2.24) is 15.2 Å². The summed E-state index contributed by atoms with van der Waals surface area (Å²) in [5, 5.41) is 18.2. The molecule has 1 saturated heterocycles. The number of aromatic nitrogens is 1. The molecule has 0 spiro atoms. The summed E-state index contributed by atoms with van der Waals surface area (Å²) in [5.74, 6) is -1.34. The summed E-state index contributed by atoms with van der Waals surface area (Å²) >= 11 is 1.51. The predicted octanol–water partition coefficient (Wildman–Crippen LogP) is 3.94. The van der Waals surface area contributed by atoms with Crippen molar-refractivity contribution >= 4 is 23.2 Å². The number of likely N-dealkylation sites (N-methyl/N-ethyl adjacent to an activating group) is 1. The van der Waals surface area contributed by atoms with Gasteiger partial charge in [-0.1, -0.05) is 78.9 Å². The number of primary amides is 1. The second kappa shape index (κ2) is 13.8. The van der Waals surface area contributed by atoms with E-state index in [1.54, 1.807) is 30.2 Å². The SMILES string of the molecule is Cc1csc(CN(C)C(=O)C2=CC=CC(C(N)=O)([C@H](Cc3ccccc3)[C@@H](O)[C@H]3C[C@@H](OCc4ccccc4)CN3)C2)n1. The van der Waals surface area contributed by atoms with Gasteiger partial charge < -0.3 is 25.8 Å². The lowest BCUT2D eigenvalue weighted by atomic mass is 9.63. The predicted molar refractivity (Wildman–Crippen MR) is 168 cm³/mol. The van der Waals surface area contributed by atoms with Crippen LogP contribution < -0.4 is 11.1 Å². The van der Waals surface area contributed by atoms with Crippen LogP contribution >= 0.6 is 11.3 Å². The molecule has 1 aliphatic carbocycles. The highest BCUT2D eigenvalue weighted by Crippen LogP contribution is 2.44. The number of aliphatic hydroxyl groups excluding tert-OH is 1. The van der Waals surface area contributed by atoms with Crippen molar-refractivity contribution in [2.24, 2.45) is 17.1 Å². The first-order valence-electron chi connectivity index (χ1n) is 14.7. The number of allylic oxidation sites excluding steroid dienone is 2. The van der Waals surface area contributed by atoms with Gasteiger partial charge in [-0.05, 0) is 37.3 Å². The Hall–Kier alpha value is -3.63. The zero-order chi connectivity index (χ0) is 30.4. The zero-order valence-corrected chi connectivity index (χ0v) is 25.5. The van der Waals surface area contributed by atoms with Crippen LogP contribution in [0.3, 0.4) is 0 Å². The number of benzene rings is 2. The summed E-state index contributed by atoms with van der Waals surface area (Å²) in [6, 6.07) is 19.5. The van der Waals surface area contributed by atoms with Crippen LogP contribution in [-0.4, -0.2) is 58.6 Å². The lowest BCUT2D eigenvalue weighted by Crippen LogP contribution is -2.53. The van der Waals surface area contributed by atoms with E-state index in [4.69, 9.17) is 10.5 Å². The van der Waals surface area contributed by atoms with Crippen LogP contribution in [0.1, 0.15) is 34.7 Å². The van der Waals surface area contributed by atoms with Crippen LogP contribution in [0.2, 0.25) is 0 Å². The molecule has 2 aliphatic rings. The minimum absolute atomic E-state index is 0.0798. The monoisotopic (exact) mass is 600 g/mol. The van der Waals surface area contributed by atoms with Gasteiger partial charge in [-0.2, -0.15) is 0 Å². The minimum atomic E-state index is -1.27. The molecule has 2 aromatic carbocycles. The fraction of sp³-hybridized carbons (Fsp3) is 0.382. The van der Waals surface area contributed by atoms with Crippen molar-refractivity contribution in [1.29, 1.82) is 0 Å². The number of aliphatic hydroxyl groups is 1. The maximum atomic E-state index is 13.6. The van der Waals surface area contributed by atoms with Gasteiger partial charge in [-0.3, -0.25) is 9.59 Å².